The third kappa shape index (κ3) is 17.0. The summed E-state index contributed by atoms with van der Waals surface area (Å²) in [4.78, 5) is 20.5. The molecule has 0 saturated heterocycles. The SMILES string of the molecule is C=CC(=O)OCCCC.C=CC(=O)OCOC. The summed E-state index contributed by atoms with van der Waals surface area (Å²) < 4.78 is 13.5. The van der Waals surface area contributed by atoms with E-state index in [-0.39, 0.29) is 12.8 Å². The molecular formula is C12H20O5. The van der Waals surface area contributed by atoms with Gasteiger partial charge in [-0.2, -0.15) is 0 Å². The van der Waals surface area contributed by atoms with Crippen LogP contribution >= 0.6 is 0 Å². The molecule has 0 radical (unpaired) electrons. The van der Waals surface area contributed by atoms with Crippen LogP contribution in [0.1, 0.15) is 19.8 Å². The average molecular weight is 244 g/mol. The topological polar surface area (TPSA) is 61.8 Å². The van der Waals surface area contributed by atoms with E-state index < -0.39 is 5.97 Å². The molecule has 0 amide bonds. The highest BCUT2D eigenvalue weighted by Crippen LogP contribution is 1.88. The first-order valence-electron chi connectivity index (χ1n) is 5.19. The van der Waals surface area contributed by atoms with Gasteiger partial charge in [-0.1, -0.05) is 26.5 Å². The van der Waals surface area contributed by atoms with Crippen molar-refractivity contribution in [3.63, 3.8) is 0 Å². The molecule has 0 bridgehead atoms. The first-order chi connectivity index (χ1) is 8.12. The summed E-state index contributed by atoms with van der Waals surface area (Å²) in [6.07, 6.45) is 4.23. The highest BCUT2D eigenvalue weighted by atomic mass is 16.7. The standard InChI is InChI=1S/C7H12O2.C5H8O3/c1-3-5-6-9-7(8)4-2;1-3-5(6)8-4-7-2/h4H,2-3,5-6H2,1H3;3H,1,4H2,2H3. The Kier molecular flexibility index (Phi) is 15.0. The molecule has 0 atom stereocenters. The second kappa shape index (κ2) is 14.4. The third-order valence-corrected chi connectivity index (χ3v) is 1.39. The number of esters is 2. The van der Waals surface area contributed by atoms with Gasteiger partial charge in [-0.15, -0.1) is 0 Å². The van der Waals surface area contributed by atoms with E-state index in [0.29, 0.717) is 6.61 Å². The van der Waals surface area contributed by atoms with E-state index in [2.05, 4.69) is 27.4 Å². The van der Waals surface area contributed by atoms with E-state index in [0.717, 1.165) is 18.9 Å². The predicted molar refractivity (Wildman–Crippen MR) is 64.2 cm³/mol. The third-order valence-electron chi connectivity index (χ3n) is 1.39. The second-order valence-electron chi connectivity index (χ2n) is 2.80. The Morgan fingerprint density at radius 2 is 1.65 bits per heavy atom. The zero-order chi connectivity index (χ0) is 13.5. The molecule has 0 unspecified atom stereocenters. The molecule has 0 aromatic rings. The maximum Gasteiger partial charge on any atom is 0.332 e. The number of carbonyl (C=O) groups excluding carboxylic acids is 2. The van der Waals surface area contributed by atoms with Crippen molar-refractivity contribution < 1.29 is 23.8 Å². The number of carbonyl (C=O) groups is 2. The van der Waals surface area contributed by atoms with Crippen LogP contribution in [-0.2, 0) is 23.8 Å². The molecule has 0 spiro atoms. The van der Waals surface area contributed by atoms with Crippen molar-refractivity contribution in [2.75, 3.05) is 20.5 Å². The van der Waals surface area contributed by atoms with E-state index in [9.17, 15) is 9.59 Å². The van der Waals surface area contributed by atoms with E-state index in [1.54, 1.807) is 0 Å². The van der Waals surface area contributed by atoms with E-state index in [4.69, 9.17) is 0 Å². The first-order valence-corrected chi connectivity index (χ1v) is 5.19. The normalized spacial score (nSPS) is 8.35. The van der Waals surface area contributed by atoms with Gasteiger partial charge in [-0.25, -0.2) is 9.59 Å². The minimum atomic E-state index is -0.466. The number of hydrogen-bond donors (Lipinski definition) is 0. The fourth-order valence-corrected chi connectivity index (χ4v) is 0.552. The predicted octanol–water partition coefficient (Wildman–Crippen LogP) is 1.84. The van der Waals surface area contributed by atoms with Gasteiger partial charge in [0.25, 0.3) is 0 Å². The van der Waals surface area contributed by atoms with Crippen molar-refractivity contribution in [2.45, 2.75) is 19.8 Å². The fourth-order valence-electron chi connectivity index (χ4n) is 0.552. The Labute approximate surface area is 102 Å². The second-order valence-corrected chi connectivity index (χ2v) is 2.80. The summed E-state index contributed by atoms with van der Waals surface area (Å²) in [5.74, 6) is -0.796. The summed E-state index contributed by atoms with van der Waals surface area (Å²) in [5.41, 5.74) is 0. The van der Waals surface area contributed by atoms with Gasteiger partial charge < -0.3 is 14.2 Å². The molecule has 98 valence electrons. The zero-order valence-electron chi connectivity index (χ0n) is 10.4. The van der Waals surface area contributed by atoms with Gasteiger partial charge in [0.2, 0.25) is 0 Å². The van der Waals surface area contributed by atoms with Gasteiger partial charge in [0, 0.05) is 19.3 Å². The number of rotatable bonds is 7. The Bertz CT molecular complexity index is 235. The van der Waals surface area contributed by atoms with Gasteiger partial charge in [-0.05, 0) is 6.42 Å². The van der Waals surface area contributed by atoms with Crippen molar-refractivity contribution in [3.05, 3.63) is 25.3 Å². The van der Waals surface area contributed by atoms with Crippen LogP contribution in [0.15, 0.2) is 25.3 Å². The fraction of sp³-hybridized carbons (Fsp3) is 0.500. The Hall–Kier alpha value is -1.62. The molecule has 0 aliphatic carbocycles. The lowest BCUT2D eigenvalue weighted by atomic mass is 10.4. The number of hydrogen-bond acceptors (Lipinski definition) is 5. The number of ether oxygens (including phenoxy) is 3. The minimum Gasteiger partial charge on any atom is -0.463 e. The quantitative estimate of drug-likeness (QED) is 0.296. The molecule has 5 heteroatoms. The molecule has 0 N–H and O–H groups in total. The lowest BCUT2D eigenvalue weighted by Gasteiger charge is -1.97. The molecule has 0 heterocycles. The van der Waals surface area contributed by atoms with Gasteiger partial charge >= 0.3 is 11.9 Å². The van der Waals surface area contributed by atoms with Crippen LogP contribution in [0.2, 0.25) is 0 Å². The molecule has 17 heavy (non-hydrogen) atoms. The first kappa shape index (κ1) is 17.8. The van der Waals surface area contributed by atoms with Crippen molar-refractivity contribution in [1.29, 1.82) is 0 Å². The summed E-state index contributed by atoms with van der Waals surface area (Å²) in [5, 5.41) is 0. The summed E-state index contributed by atoms with van der Waals surface area (Å²) >= 11 is 0. The molecular weight excluding hydrogens is 224 g/mol. The molecule has 0 aromatic carbocycles. The van der Waals surface area contributed by atoms with Crippen LogP contribution in [0.3, 0.4) is 0 Å². The van der Waals surface area contributed by atoms with Crippen LogP contribution in [0.5, 0.6) is 0 Å². The molecule has 0 aliphatic rings. The molecule has 0 fully saturated rings. The Morgan fingerprint density at radius 3 is 2.06 bits per heavy atom. The van der Waals surface area contributed by atoms with Crippen LogP contribution in [0, 0.1) is 0 Å². The van der Waals surface area contributed by atoms with E-state index in [1.165, 1.54) is 13.2 Å². The van der Waals surface area contributed by atoms with Crippen LogP contribution in [-0.4, -0.2) is 32.4 Å². The minimum absolute atomic E-state index is 0.00907. The van der Waals surface area contributed by atoms with Crippen LogP contribution in [0.25, 0.3) is 0 Å². The highest BCUT2D eigenvalue weighted by Gasteiger charge is 1.91. The van der Waals surface area contributed by atoms with Gasteiger partial charge in [0.1, 0.15) is 0 Å². The van der Waals surface area contributed by atoms with Crippen molar-refractivity contribution >= 4 is 11.9 Å². The lowest BCUT2D eigenvalue weighted by Crippen LogP contribution is -2.02. The van der Waals surface area contributed by atoms with Crippen LogP contribution < -0.4 is 0 Å². The van der Waals surface area contributed by atoms with Crippen molar-refractivity contribution in [3.8, 4) is 0 Å². The van der Waals surface area contributed by atoms with Crippen molar-refractivity contribution in [2.24, 2.45) is 0 Å². The Balaban J connectivity index is 0. The summed E-state index contributed by atoms with van der Waals surface area (Å²) in [7, 11) is 1.44. The average Bonchev–Trinajstić information content (AvgIpc) is 2.36. The molecule has 5 nitrogen and oxygen atoms in total. The lowest BCUT2D eigenvalue weighted by molar-refractivity contribution is -0.147. The van der Waals surface area contributed by atoms with E-state index in [1.807, 2.05) is 6.92 Å². The van der Waals surface area contributed by atoms with Gasteiger partial charge in [0.15, 0.2) is 6.79 Å². The van der Waals surface area contributed by atoms with Crippen LogP contribution in [0.4, 0.5) is 0 Å². The largest absolute Gasteiger partial charge is 0.463 e. The number of unbranched alkanes of at least 4 members (excludes halogenated alkanes) is 1. The van der Waals surface area contributed by atoms with Gasteiger partial charge in [-0.3, -0.25) is 0 Å². The molecule has 0 rings (SSSR count). The van der Waals surface area contributed by atoms with E-state index >= 15 is 0 Å². The molecule has 0 aliphatic heterocycles. The monoisotopic (exact) mass is 244 g/mol. The molecule has 0 aromatic heterocycles. The Morgan fingerprint density at radius 1 is 1.12 bits per heavy atom. The smallest absolute Gasteiger partial charge is 0.332 e. The summed E-state index contributed by atoms with van der Waals surface area (Å²) in [6, 6.07) is 0. The zero-order valence-corrected chi connectivity index (χ0v) is 10.4. The highest BCUT2D eigenvalue weighted by molar-refractivity contribution is 5.81. The maximum atomic E-state index is 10.3. The van der Waals surface area contributed by atoms with Gasteiger partial charge in [0.05, 0.1) is 6.61 Å². The maximum absolute atomic E-state index is 10.3. The number of methoxy groups -OCH3 is 1. The molecule has 0 saturated carbocycles. The summed E-state index contributed by atoms with van der Waals surface area (Å²) in [6.45, 7) is 9.00. The van der Waals surface area contributed by atoms with Crippen molar-refractivity contribution in [1.82, 2.24) is 0 Å².